The van der Waals surface area contributed by atoms with E-state index in [-0.39, 0.29) is 5.84 Å². The smallest absolute Gasteiger partial charge is 0.129 e. The average Bonchev–Trinajstić information content (AvgIpc) is 2.45. The molecule has 0 saturated carbocycles. The van der Waals surface area contributed by atoms with E-state index in [1.165, 1.54) is 25.8 Å². The van der Waals surface area contributed by atoms with E-state index in [0.29, 0.717) is 12.1 Å². The van der Waals surface area contributed by atoms with Gasteiger partial charge in [-0.1, -0.05) is 6.42 Å². The molecule has 0 amide bonds. The Morgan fingerprint density at radius 2 is 2.14 bits per heavy atom. The van der Waals surface area contributed by atoms with E-state index < -0.39 is 0 Å². The standard InChI is InChI=1S/C16H25N5/c1-11-7-13(16(17)18)8-15(19-11)21-10-14-5-3-4-6-20(14)9-12(21)2/h7-8,12,14H,3-6,9-10H2,1-2H3,(H3,17,18). The summed E-state index contributed by atoms with van der Waals surface area (Å²) < 4.78 is 0. The van der Waals surface area contributed by atoms with Crippen LogP contribution in [0.1, 0.15) is 37.4 Å². The lowest BCUT2D eigenvalue weighted by atomic mass is 9.97. The summed E-state index contributed by atoms with van der Waals surface area (Å²) in [5.74, 6) is 1.09. The molecule has 2 aliphatic rings. The van der Waals surface area contributed by atoms with Crippen LogP contribution in [-0.2, 0) is 0 Å². The average molecular weight is 287 g/mol. The molecule has 5 nitrogen and oxygen atoms in total. The van der Waals surface area contributed by atoms with Crippen molar-refractivity contribution in [1.82, 2.24) is 9.88 Å². The van der Waals surface area contributed by atoms with Gasteiger partial charge in [0.15, 0.2) is 0 Å². The molecule has 5 heteroatoms. The maximum absolute atomic E-state index is 7.66. The number of nitrogens with one attached hydrogen (secondary N) is 1. The molecule has 0 aromatic carbocycles. The molecule has 2 aliphatic heterocycles. The van der Waals surface area contributed by atoms with Crippen molar-refractivity contribution in [1.29, 1.82) is 5.41 Å². The molecule has 1 aromatic rings. The number of aromatic nitrogens is 1. The van der Waals surface area contributed by atoms with Crippen LogP contribution in [0.2, 0.25) is 0 Å². The lowest BCUT2D eigenvalue weighted by molar-refractivity contribution is 0.115. The molecule has 2 saturated heterocycles. The summed E-state index contributed by atoms with van der Waals surface area (Å²) in [6, 6.07) is 4.95. The number of nitrogens with two attached hydrogens (primary N) is 1. The van der Waals surface area contributed by atoms with Crippen molar-refractivity contribution in [2.24, 2.45) is 5.73 Å². The Bertz CT molecular complexity index is 541. The molecule has 3 rings (SSSR count). The van der Waals surface area contributed by atoms with Crippen LogP contribution in [0, 0.1) is 12.3 Å². The van der Waals surface area contributed by atoms with Gasteiger partial charge in [-0.25, -0.2) is 4.98 Å². The van der Waals surface area contributed by atoms with Crippen LogP contribution in [-0.4, -0.2) is 47.4 Å². The maximum Gasteiger partial charge on any atom is 0.129 e. The van der Waals surface area contributed by atoms with Crippen LogP contribution in [0.5, 0.6) is 0 Å². The minimum absolute atomic E-state index is 0.116. The second-order valence-electron chi connectivity index (χ2n) is 6.42. The van der Waals surface area contributed by atoms with Gasteiger partial charge in [0.05, 0.1) is 0 Å². The van der Waals surface area contributed by atoms with Gasteiger partial charge in [-0.3, -0.25) is 10.3 Å². The third kappa shape index (κ3) is 2.88. The lowest BCUT2D eigenvalue weighted by Gasteiger charge is -2.48. The van der Waals surface area contributed by atoms with Gasteiger partial charge < -0.3 is 10.6 Å². The quantitative estimate of drug-likeness (QED) is 0.642. The summed E-state index contributed by atoms with van der Waals surface area (Å²) in [5.41, 5.74) is 7.35. The van der Waals surface area contributed by atoms with Crippen molar-refractivity contribution in [3.05, 3.63) is 23.4 Å². The number of hydrogen-bond donors (Lipinski definition) is 2. The molecule has 2 fully saturated rings. The zero-order chi connectivity index (χ0) is 15.0. The lowest BCUT2D eigenvalue weighted by Crippen LogP contribution is -2.59. The predicted octanol–water partition coefficient (Wildman–Crippen LogP) is 1.74. The van der Waals surface area contributed by atoms with Gasteiger partial charge in [-0.15, -0.1) is 0 Å². The number of nitrogens with zero attached hydrogens (tertiary/aromatic N) is 3. The first-order valence-electron chi connectivity index (χ1n) is 7.88. The summed E-state index contributed by atoms with van der Waals surface area (Å²) in [4.78, 5) is 9.71. The highest BCUT2D eigenvalue weighted by atomic mass is 15.3. The van der Waals surface area contributed by atoms with Crippen molar-refractivity contribution in [3.8, 4) is 0 Å². The Morgan fingerprint density at radius 1 is 1.33 bits per heavy atom. The van der Waals surface area contributed by atoms with E-state index in [2.05, 4.69) is 21.7 Å². The number of fused-ring (bicyclic) bond motifs is 1. The third-order valence-electron chi connectivity index (χ3n) is 4.73. The molecule has 0 radical (unpaired) electrons. The molecule has 0 spiro atoms. The fraction of sp³-hybridized carbons (Fsp3) is 0.625. The summed E-state index contributed by atoms with van der Waals surface area (Å²) in [5, 5.41) is 7.66. The Hall–Kier alpha value is -1.62. The van der Waals surface area contributed by atoms with Gasteiger partial charge in [0.2, 0.25) is 0 Å². The van der Waals surface area contributed by atoms with E-state index in [0.717, 1.165) is 30.2 Å². The van der Waals surface area contributed by atoms with Crippen LogP contribution in [0.3, 0.4) is 0 Å². The number of piperazine rings is 1. The number of aryl methyl sites for hydroxylation is 1. The molecule has 1 aromatic heterocycles. The van der Waals surface area contributed by atoms with Crippen LogP contribution >= 0.6 is 0 Å². The van der Waals surface area contributed by atoms with Crippen molar-refractivity contribution in [2.75, 3.05) is 24.5 Å². The first kappa shape index (κ1) is 14.3. The minimum atomic E-state index is 0.116. The Balaban J connectivity index is 1.87. The number of hydrogen-bond acceptors (Lipinski definition) is 4. The fourth-order valence-corrected chi connectivity index (χ4v) is 3.63. The van der Waals surface area contributed by atoms with Crippen LogP contribution < -0.4 is 10.6 Å². The van der Waals surface area contributed by atoms with Gasteiger partial charge >= 0.3 is 0 Å². The predicted molar refractivity (Wildman–Crippen MR) is 86.0 cm³/mol. The van der Waals surface area contributed by atoms with E-state index in [4.69, 9.17) is 11.1 Å². The fourth-order valence-electron chi connectivity index (χ4n) is 3.63. The highest BCUT2D eigenvalue weighted by Gasteiger charge is 2.33. The first-order chi connectivity index (χ1) is 10.0. The van der Waals surface area contributed by atoms with E-state index in [9.17, 15) is 0 Å². The molecule has 2 unspecified atom stereocenters. The number of amidine groups is 1. The largest absolute Gasteiger partial charge is 0.384 e. The molecule has 114 valence electrons. The maximum atomic E-state index is 7.66. The monoisotopic (exact) mass is 287 g/mol. The van der Waals surface area contributed by atoms with Crippen LogP contribution in [0.15, 0.2) is 12.1 Å². The second kappa shape index (κ2) is 5.64. The summed E-state index contributed by atoms with van der Waals surface area (Å²) in [7, 11) is 0. The molecule has 21 heavy (non-hydrogen) atoms. The molecule has 2 atom stereocenters. The van der Waals surface area contributed by atoms with Crippen LogP contribution in [0.25, 0.3) is 0 Å². The van der Waals surface area contributed by atoms with Crippen molar-refractivity contribution in [2.45, 2.75) is 45.2 Å². The number of nitrogen functional groups attached to an aromatic ring is 1. The zero-order valence-corrected chi connectivity index (χ0v) is 13.0. The normalized spacial score (nSPS) is 26.5. The van der Waals surface area contributed by atoms with E-state index in [1.54, 1.807) is 0 Å². The minimum Gasteiger partial charge on any atom is -0.384 e. The molecule has 0 bridgehead atoms. The number of pyridine rings is 1. The van der Waals surface area contributed by atoms with E-state index in [1.807, 2.05) is 19.1 Å². The molecular formula is C16H25N5. The van der Waals surface area contributed by atoms with Gasteiger partial charge in [-0.05, 0) is 45.4 Å². The first-order valence-corrected chi connectivity index (χ1v) is 7.88. The molecular weight excluding hydrogens is 262 g/mol. The molecule has 3 N–H and O–H groups in total. The Morgan fingerprint density at radius 3 is 2.90 bits per heavy atom. The summed E-state index contributed by atoms with van der Waals surface area (Å²) in [6.07, 6.45) is 3.96. The van der Waals surface area contributed by atoms with Crippen molar-refractivity contribution >= 4 is 11.7 Å². The Kier molecular flexibility index (Phi) is 3.85. The molecule has 0 aliphatic carbocycles. The second-order valence-corrected chi connectivity index (χ2v) is 6.42. The third-order valence-corrected chi connectivity index (χ3v) is 4.73. The highest BCUT2D eigenvalue weighted by Crippen LogP contribution is 2.27. The summed E-state index contributed by atoms with van der Waals surface area (Å²) in [6.45, 7) is 7.62. The molecule has 3 heterocycles. The Labute approximate surface area is 126 Å². The number of rotatable bonds is 2. The van der Waals surface area contributed by atoms with Crippen molar-refractivity contribution < 1.29 is 0 Å². The zero-order valence-electron chi connectivity index (χ0n) is 13.0. The highest BCUT2D eigenvalue weighted by molar-refractivity contribution is 5.95. The number of piperidine rings is 1. The number of anilines is 1. The van der Waals surface area contributed by atoms with Gasteiger partial charge in [0.25, 0.3) is 0 Å². The van der Waals surface area contributed by atoms with Crippen LogP contribution in [0.4, 0.5) is 5.82 Å². The van der Waals surface area contributed by atoms with E-state index >= 15 is 0 Å². The van der Waals surface area contributed by atoms with Crippen molar-refractivity contribution in [3.63, 3.8) is 0 Å². The van der Waals surface area contributed by atoms with Gasteiger partial charge in [0.1, 0.15) is 11.7 Å². The summed E-state index contributed by atoms with van der Waals surface area (Å²) >= 11 is 0. The SMILES string of the molecule is Cc1cc(C(=N)N)cc(N2CC3CCCCN3CC2C)n1. The van der Waals surface area contributed by atoms with Gasteiger partial charge in [0, 0.05) is 36.4 Å². The topological polar surface area (TPSA) is 69.2 Å². The van der Waals surface area contributed by atoms with Gasteiger partial charge in [-0.2, -0.15) is 0 Å².